The van der Waals surface area contributed by atoms with E-state index in [2.05, 4.69) is 17.0 Å². The van der Waals surface area contributed by atoms with E-state index >= 15 is 0 Å². The van der Waals surface area contributed by atoms with Gasteiger partial charge in [-0.15, -0.1) is 0 Å². The third kappa shape index (κ3) is 37.4. The molecule has 38 heavy (non-hydrogen) atoms. The van der Waals surface area contributed by atoms with Crippen LogP contribution in [0.1, 0.15) is 142 Å². The van der Waals surface area contributed by atoms with Crippen molar-refractivity contribution in [1.82, 2.24) is 10.0 Å². The van der Waals surface area contributed by atoms with Gasteiger partial charge in [-0.25, -0.2) is 0 Å². The van der Waals surface area contributed by atoms with Crippen LogP contribution in [0.2, 0.25) is 0 Å². The number of hydrogen-bond donors (Lipinski definition) is 6. The summed E-state index contributed by atoms with van der Waals surface area (Å²) in [5.41, 5.74) is 5.11. The summed E-state index contributed by atoms with van der Waals surface area (Å²) in [6.07, 6.45) is 25.8. The minimum atomic E-state index is -3.97. The first-order chi connectivity index (χ1) is 18.3. The predicted molar refractivity (Wildman–Crippen MR) is 157 cm³/mol. The summed E-state index contributed by atoms with van der Waals surface area (Å²) in [6, 6.07) is -0.0428. The van der Waals surface area contributed by atoms with Crippen molar-refractivity contribution in [3.05, 3.63) is 0 Å². The second kappa shape index (κ2) is 30.8. The molecule has 0 aliphatic heterocycles. The third-order valence-electron chi connectivity index (χ3n) is 6.52. The van der Waals surface area contributed by atoms with Gasteiger partial charge in [-0.1, -0.05) is 116 Å². The highest BCUT2D eigenvalue weighted by atomic mass is 32.2. The Balaban J connectivity index is 0. The number of carbonyl (C=O) groups is 1. The number of hydrogen-bond acceptors (Lipinski definition) is 6. The molecule has 1 saturated carbocycles. The summed E-state index contributed by atoms with van der Waals surface area (Å²) in [4.78, 5) is 10.6. The van der Waals surface area contributed by atoms with Crippen molar-refractivity contribution in [3.8, 4) is 0 Å². The van der Waals surface area contributed by atoms with Crippen molar-refractivity contribution in [3.63, 3.8) is 0 Å². The molecule has 230 valence electrons. The Morgan fingerprint density at radius 1 is 0.737 bits per heavy atom. The topological polar surface area (TPSA) is 162 Å². The summed E-state index contributed by atoms with van der Waals surface area (Å²) in [6.45, 7) is 3.69. The van der Waals surface area contributed by atoms with Crippen molar-refractivity contribution in [2.24, 2.45) is 5.73 Å². The Morgan fingerprint density at radius 2 is 1.13 bits per heavy atom. The number of rotatable bonds is 22. The molecular weight excluding hydrogens is 506 g/mol. The van der Waals surface area contributed by atoms with E-state index in [1.165, 1.54) is 96.3 Å². The van der Waals surface area contributed by atoms with Crippen LogP contribution in [0.25, 0.3) is 0 Å². The lowest BCUT2D eigenvalue weighted by Gasteiger charge is -2.20. The van der Waals surface area contributed by atoms with Gasteiger partial charge < -0.3 is 21.3 Å². The Labute approximate surface area is 234 Å². The molecule has 0 aromatic heterocycles. The first kappa shape index (κ1) is 39.4. The van der Waals surface area contributed by atoms with Crippen molar-refractivity contribution in [2.75, 3.05) is 26.3 Å². The van der Waals surface area contributed by atoms with Crippen molar-refractivity contribution in [2.45, 2.75) is 148 Å². The maximum absolute atomic E-state index is 10.6. The SMILES string of the molecule is CCCCCCCCCCCCCCCCCC(N)=O.O=S(=O)(O)NC1CCCCC1.OCCNCCO. The van der Waals surface area contributed by atoms with Gasteiger partial charge in [-0.2, -0.15) is 13.1 Å². The molecule has 0 atom stereocenters. The number of nitrogens with two attached hydrogens (primary N) is 1. The third-order valence-corrected chi connectivity index (χ3v) is 7.16. The highest BCUT2D eigenvalue weighted by Crippen LogP contribution is 2.17. The molecule has 1 fully saturated rings. The predicted octanol–water partition coefficient (Wildman–Crippen LogP) is 5.01. The lowest BCUT2D eigenvalue weighted by atomic mass is 9.96. The smallest absolute Gasteiger partial charge is 0.333 e. The minimum Gasteiger partial charge on any atom is -0.395 e. The molecule has 0 aromatic carbocycles. The van der Waals surface area contributed by atoms with Crippen molar-refractivity contribution in [1.29, 1.82) is 0 Å². The lowest BCUT2D eigenvalue weighted by Crippen LogP contribution is -2.35. The largest absolute Gasteiger partial charge is 0.395 e. The van der Waals surface area contributed by atoms with Crippen LogP contribution >= 0.6 is 0 Å². The minimum absolute atomic E-state index is 0.0428. The molecule has 0 radical (unpaired) electrons. The van der Waals surface area contributed by atoms with Gasteiger partial charge in [0.15, 0.2) is 0 Å². The van der Waals surface area contributed by atoms with Gasteiger partial charge >= 0.3 is 10.3 Å². The molecule has 7 N–H and O–H groups in total. The van der Waals surface area contributed by atoms with Crippen LogP contribution in [0.3, 0.4) is 0 Å². The number of primary amides is 1. The van der Waals surface area contributed by atoms with Gasteiger partial charge in [0.05, 0.1) is 13.2 Å². The summed E-state index contributed by atoms with van der Waals surface area (Å²) >= 11 is 0. The maximum atomic E-state index is 10.6. The number of unbranched alkanes of at least 4 members (excludes halogenated alkanes) is 14. The van der Waals surface area contributed by atoms with E-state index in [4.69, 9.17) is 20.5 Å². The Bertz CT molecular complexity index is 583. The fraction of sp³-hybridized carbons (Fsp3) is 0.964. The van der Waals surface area contributed by atoms with Crippen LogP contribution in [0.15, 0.2) is 0 Å². The van der Waals surface area contributed by atoms with E-state index < -0.39 is 10.3 Å². The van der Waals surface area contributed by atoms with E-state index in [0.29, 0.717) is 19.5 Å². The lowest BCUT2D eigenvalue weighted by molar-refractivity contribution is -0.118. The number of carbonyl (C=O) groups excluding carboxylic acids is 1. The standard InChI is InChI=1S/C18H37NO.C6H13NO3S.C4H11NO2/c1-2-3-4-5-6-7-8-9-10-11-12-13-14-15-16-17-18(19)20;8-11(9,10)7-6-4-2-1-3-5-6;6-3-1-5-2-4-7/h2-17H2,1H3,(H2,19,20);6-7H,1-5H2,(H,8,9,10);5-7H,1-4H2. The number of aliphatic hydroxyl groups excluding tert-OH is 2. The molecule has 0 unspecified atom stereocenters. The van der Waals surface area contributed by atoms with Gasteiger partial charge in [0.1, 0.15) is 0 Å². The maximum Gasteiger partial charge on any atom is 0.333 e. The summed E-state index contributed by atoms with van der Waals surface area (Å²) < 4.78 is 31.3. The quantitative estimate of drug-likeness (QED) is 0.0791. The first-order valence-corrected chi connectivity index (χ1v) is 16.7. The molecule has 0 bridgehead atoms. The number of amides is 1. The van der Waals surface area contributed by atoms with E-state index in [9.17, 15) is 13.2 Å². The zero-order chi connectivity index (χ0) is 28.7. The van der Waals surface area contributed by atoms with E-state index in [1.54, 1.807) is 0 Å². The van der Waals surface area contributed by atoms with Crippen LogP contribution in [-0.4, -0.2) is 61.4 Å². The summed E-state index contributed by atoms with van der Waals surface area (Å²) in [5, 5.41) is 19.1. The highest BCUT2D eigenvalue weighted by Gasteiger charge is 2.17. The summed E-state index contributed by atoms with van der Waals surface area (Å²) in [7, 11) is -3.97. The molecule has 0 spiro atoms. The van der Waals surface area contributed by atoms with Crippen LogP contribution in [0.4, 0.5) is 0 Å². The van der Waals surface area contributed by atoms with Crippen LogP contribution in [0.5, 0.6) is 0 Å². The monoisotopic (exact) mass is 567 g/mol. The first-order valence-electron chi connectivity index (χ1n) is 15.2. The molecule has 1 amide bonds. The molecular formula is C28H61N3O6S. The zero-order valence-corrected chi connectivity index (χ0v) is 25.1. The number of nitrogens with one attached hydrogen (secondary N) is 2. The van der Waals surface area contributed by atoms with Gasteiger partial charge in [-0.05, 0) is 19.3 Å². The fourth-order valence-corrected chi connectivity index (χ4v) is 5.04. The summed E-state index contributed by atoms with van der Waals surface area (Å²) in [5.74, 6) is -0.153. The van der Waals surface area contributed by atoms with Crippen LogP contribution < -0.4 is 15.8 Å². The Morgan fingerprint density at radius 3 is 1.47 bits per heavy atom. The molecule has 0 heterocycles. The second-order valence-electron chi connectivity index (χ2n) is 10.3. The van der Waals surface area contributed by atoms with Gasteiger partial charge in [0.25, 0.3) is 0 Å². The van der Waals surface area contributed by atoms with Gasteiger partial charge in [-0.3, -0.25) is 9.35 Å². The molecule has 0 aromatic rings. The second-order valence-corrected chi connectivity index (χ2v) is 11.5. The van der Waals surface area contributed by atoms with E-state index in [0.717, 1.165) is 32.1 Å². The molecule has 0 saturated heterocycles. The average molecular weight is 568 g/mol. The molecule has 1 rings (SSSR count). The van der Waals surface area contributed by atoms with E-state index in [1.807, 2.05) is 0 Å². The number of aliphatic hydroxyl groups is 2. The average Bonchev–Trinajstić information content (AvgIpc) is 2.87. The fourth-order valence-electron chi connectivity index (χ4n) is 4.38. The highest BCUT2D eigenvalue weighted by molar-refractivity contribution is 7.83. The van der Waals surface area contributed by atoms with Gasteiger partial charge in [0.2, 0.25) is 5.91 Å². The van der Waals surface area contributed by atoms with Crippen molar-refractivity contribution >= 4 is 16.2 Å². The Hall–Kier alpha value is -0.780. The molecule has 1 aliphatic carbocycles. The van der Waals surface area contributed by atoms with Crippen LogP contribution in [0, 0.1) is 0 Å². The Kier molecular flexibility index (Phi) is 31.9. The molecule has 9 nitrogen and oxygen atoms in total. The van der Waals surface area contributed by atoms with Crippen molar-refractivity contribution < 1.29 is 28.0 Å². The normalized spacial score (nSPS) is 13.8. The van der Waals surface area contributed by atoms with E-state index in [-0.39, 0.29) is 25.2 Å². The van der Waals surface area contributed by atoms with Crippen LogP contribution in [-0.2, 0) is 15.1 Å². The zero-order valence-electron chi connectivity index (χ0n) is 24.3. The molecule has 1 aliphatic rings. The van der Waals surface area contributed by atoms with Gasteiger partial charge in [0, 0.05) is 25.6 Å². The molecule has 10 heteroatoms.